The number of fused-ring (bicyclic) bond motifs is 2. The van der Waals surface area contributed by atoms with Crippen molar-refractivity contribution in [3.8, 4) is 0 Å². The second-order valence-electron chi connectivity index (χ2n) is 8.94. The Kier molecular flexibility index (Phi) is 5.85. The molecule has 0 aliphatic heterocycles. The molecule has 3 atom stereocenters. The van der Waals surface area contributed by atoms with E-state index in [4.69, 9.17) is 5.73 Å². The van der Waals surface area contributed by atoms with Crippen LogP contribution in [0.15, 0.2) is 35.3 Å². The molecule has 4 rings (SSSR count). The van der Waals surface area contributed by atoms with Crippen molar-refractivity contribution in [3.05, 3.63) is 68.8 Å². The third-order valence-corrected chi connectivity index (χ3v) is 6.74. The van der Waals surface area contributed by atoms with Crippen molar-refractivity contribution in [2.24, 2.45) is 17.8 Å². The van der Waals surface area contributed by atoms with Crippen LogP contribution in [0, 0.1) is 38.5 Å². The van der Waals surface area contributed by atoms with Crippen LogP contribution >= 0.6 is 0 Å². The number of aromatic nitrogens is 2. The first-order chi connectivity index (χ1) is 14.8. The normalized spacial score (nSPS) is 21.5. The maximum atomic E-state index is 13.0. The number of nitrogens with two attached hydrogens (primary N) is 1. The molecule has 2 heterocycles. The van der Waals surface area contributed by atoms with Gasteiger partial charge in [0, 0.05) is 30.5 Å². The van der Waals surface area contributed by atoms with Crippen LogP contribution in [0.1, 0.15) is 40.8 Å². The number of rotatable bonds is 7. The van der Waals surface area contributed by atoms with Crippen molar-refractivity contribution >= 4 is 11.7 Å². The maximum Gasteiger partial charge on any atom is 0.272 e. The predicted molar refractivity (Wildman–Crippen MR) is 122 cm³/mol. The van der Waals surface area contributed by atoms with E-state index in [-0.39, 0.29) is 17.9 Å². The van der Waals surface area contributed by atoms with Gasteiger partial charge in [-0.2, -0.15) is 0 Å². The van der Waals surface area contributed by atoms with Crippen molar-refractivity contribution in [1.82, 2.24) is 15.0 Å². The van der Waals surface area contributed by atoms with Crippen LogP contribution in [0.4, 0.5) is 5.82 Å². The molecule has 4 N–H and O–H groups in total. The lowest BCUT2D eigenvalue weighted by atomic mass is 9.94. The fraction of sp³-hybridized carbons (Fsp3) is 0.458. The Hall–Kier alpha value is -3.09. The summed E-state index contributed by atoms with van der Waals surface area (Å²) in [7, 11) is 0. The highest BCUT2D eigenvalue weighted by molar-refractivity contribution is 5.78. The van der Waals surface area contributed by atoms with Gasteiger partial charge in [-0.05, 0) is 80.2 Å². The minimum Gasteiger partial charge on any atom is -0.384 e. The number of carbonyl (C=O) groups excluding carboxylic acids is 1. The summed E-state index contributed by atoms with van der Waals surface area (Å²) in [6, 6.07) is 3.68. The highest BCUT2D eigenvalue weighted by Gasteiger charge is 2.35. The Morgan fingerprint density at radius 2 is 2.00 bits per heavy atom. The number of amides is 1. The molecular formula is C24H31N5O2. The SMILES string of the molecule is Cc1cc(N)nc(C)c1CNC(=O)Cc1c(C)ccn(NCC2C[C@H]3C=C[C@H]2C3)c1=O. The van der Waals surface area contributed by atoms with Crippen molar-refractivity contribution in [3.63, 3.8) is 0 Å². The van der Waals surface area contributed by atoms with Gasteiger partial charge in [0.05, 0.1) is 6.42 Å². The van der Waals surface area contributed by atoms with E-state index in [1.54, 1.807) is 12.3 Å². The number of hydrogen-bond donors (Lipinski definition) is 3. The van der Waals surface area contributed by atoms with E-state index in [1.165, 1.54) is 17.5 Å². The van der Waals surface area contributed by atoms with E-state index in [9.17, 15) is 9.59 Å². The molecule has 2 aliphatic carbocycles. The van der Waals surface area contributed by atoms with Gasteiger partial charge in [-0.15, -0.1) is 0 Å². The van der Waals surface area contributed by atoms with Crippen molar-refractivity contribution < 1.29 is 4.79 Å². The second-order valence-corrected chi connectivity index (χ2v) is 8.94. The average Bonchev–Trinajstić information content (AvgIpc) is 3.33. The van der Waals surface area contributed by atoms with Gasteiger partial charge in [-0.1, -0.05) is 12.2 Å². The molecule has 2 aromatic heterocycles. The van der Waals surface area contributed by atoms with Gasteiger partial charge in [0.15, 0.2) is 0 Å². The molecule has 0 aromatic carbocycles. The Bertz CT molecular complexity index is 1060. The van der Waals surface area contributed by atoms with Crippen molar-refractivity contribution in [1.29, 1.82) is 0 Å². The summed E-state index contributed by atoms with van der Waals surface area (Å²) < 4.78 is 1.53. The zero-order valence-corrected chi connectivity index (χ0v) is 18.4. The van der Waals surface area contributed by atoms with E-state index in [0.717, 1.165) is 28.9 Å². The first-order valence-electron chi connectivity index (χ1n) is 10.9. The van der Waals surface area contributed by atoms with E-state index in [0.29, 0.717) is 35.7 Å². The molecular weight excluding hydrogens is 390 g/mol. The molecule has 2 aliphatic rings. The molecule has 7 nitrogen and oxygen atoms in total. The van der Waals surface area contributed by atoms with Crippen LogP contribution in [0.25, 0.3) is 0 Å². The monoisotopic (exact) mass is 421 g/mol. The summed E-state index contributed by atoms with van der Waals surface area (Å²) in [5.41, 5.74) is 13.0. The topological polar surface area (TPSA) is 102 Å². The molecule has 1 saturated carbocycles. The summed E-state index contributed by atoms with van der Waals surface area (Å²) in [6.45, 7) is 6.82. The lowest BCUT2D eigenvalue weighted by Gasteiger charge is -2.20. The Morgan fingerprint density at radius 3 is 2.68 bits per heavy atom. The lowest BCUT2D eigenvalue weighted by Crippen LogP contribution is -2.36. The summed E-state index contributed by atoms with van der Waals surface area (Å²) in [5, 5.41) is 2.92. The third kappa shape index (κ3) is 4.50. The van der Waals surface area contributed by atoms with Gasteiger partial charge in [0.25, 0.3) is 5.56 Å². The van der Waals surface area contributed by atoms with Crippen LogP contribution in [-0.4, -0.2) is 22.1 Å². The van der Waals surface area contributed by atoms with Gasteiger partial charge in [0.1, 0.15) is 5.82 Å². The minimum atomic E-state index is -0.188. The molecule has 7 heteroatoms. The van der Waals surface area contributed by atoms with Crippen LogP contribution in [-0.2, 0) is 17.8 Å². The van der Waals surface area contributed by atoms with Crippen LogP contribution in [0.3, 0.4) is 0 Å². The lowest BCUT2D eigenvalue weighted by molar-refractivity contribution is -0.120. The van der Waals surface area contributed by atoms with Crippen LogP contribution in [0.2, 0.25) is 0 Å². The summed E-state index contributed by atoms with van der Waals surface area (Å²) in [6.07, 6.45) is 8.86. The fourth-order valence-electron chi connectivity index (χ4n) is 4.92. The molecule has 2 aromatic rings. The minimum absolute atomic E-state index is 0.0462. The van der Waals surface area contributed by atoms with Gasteiger partial charge in [-0.3, -0.25) is 9.59 Å². The number of nitrogens with zero attached hydrogens (tertiary/aromatic N) is 2. The molecule has 164 valence electrons. The van der Waals surface area contributed by atoms with Crippen LogP contribution in [0.5, 0.6) is 0 Å². The number of anilines is 1. The van der Waals surface area contributed by atoms with E-state index >= 15 is 0 Å². The average molecular weight is 422 g/mol. The highest BCUT2D eigenvalue weighted by atomic mass is 16.2. The second kappa shape index (κ2) is 8.57. The molecule has 31 heavy (non-hydrogen) atoms. The first-order valence-corrected chi connectivity index (χ1v) is 10.9. The van der Waals surface area contributed by atoms with E-state index in [1.807, 2.05) is 26.8 Å². The molecule has 1 unspecified atom stereocenters. The Balaban J connectivity index is 1.39. The van der Waals surface area contributed by atoms with Crippen molar-refractivity contribution in [2.75, 3.05) is 17.7 Å². The first kappa shape index (κ1) is 21.2. The number of allylic oxidation sites excluding steroid dienone is 2. The van der Waals surface area contributed by atoms with E-state index in [2.05, 4.69) is 27.9 Å². The van der Waals surface area contributed by atoms with Gasteiger partial charge in [0.2, 0.25) is 5.91 Å². The zero-order valence-electron chi connectivity index (χ0n) is 18.4. The third-order valence-electron chi connectivity index (χ3n) is 6.74. The number of nitrogens with one attached hydrogen (secondary N) is 2. The smallest absolute Gasteiger partial charge is 0.272 e. The van der Waals surface area contributed by atoms with Crippen molar-refractivity contribution in [2.45, 2.75) is 46.6 Å². The standard InChI is InChI=1S/C24H31N5O2/c1-14-6-7-29(27-12-19-10-17-4-5-18(19)9-17)24(31)20(14)11-23(30)26-13-21-15(2)8-22(25)28-16(21)3/h4-8,17-19,27H,9-13H2,1-3H3,(H2,25,28)(H,26,30)/t17-,18-,19?/m0/s1. The fourth-order valence-corrected chi connectivity index (χ4v) is 4.92. The Labute approximate surface area is 182 Å². The number of nitrogen functional groups attached to an aromatic ring is 1. The zero-order chi connectivity index (χ0) is 22.1. The number of pyridine rings is 2. The number of hydrogen-bond acceptors (Lipinski definition) is 5. The maximum absolute atomic E-state index is 13.0. The largest absolute Gasteiger partial charge is 0.384 e. The summed E-state index contributed by atoms with van der Waals surface area (Å²) in [4.78, 5) is 29.9. The molecule has 0 spiro atoms. The molecule has 1 fully saturated rings. The number of aryl methyl sites for hydroxylation is 3. The summed E-state index contributed by atoms with van der Waals surface area (Å²) >= 11 is 0. The molecule has 1 amide bonds. The molecule has 0 saturated heterocycles. The highest BCUT2D eigenvalue weighted by Crippen LogP contribution is 2.43. The van der Waals surface area contributed by atoms with Gasteiger partial charge >= 0.3 is 0 Å². The van der Waals surface area contributed by atoms with Gasteiger partial charge < -0.3 is 16.5 Å². The molecule has 2 bridgehead atoms. The van der Waals surface area contributed by atoms with Gasteiger partial charge in [-0.25, -0.2) is 9.66 Å². The quantitative estimate of drug-likeness (QED) is 0.596. The van der Waals surface area contributed by atoms with E-state index < -0.39 is 0 Å². The predicted octanol–water partition coefficient (Wildman–Crippen LogP) is 2.37. The Morgan fingerprint density at radius 1 is 1.19 bits per heavy atom. The molecule has 0 radical (unpaired) electrons. The number of carbonyl (C=O) groups is 1. The van der Waals surface area contributed by atoms with Crippen LogP contribution < -0.4 is 22.0 Å². The summed E-state index contributed by atoms with van der Waals surface area (Å²) in [5.74, 6) is 2.18.